The van der Waals surface area contributed by atoms with Gasteiger partial charge in [-0.3, -0.25) is 0 Å². The Bertz CT molecular complexity index is 552. The summed E-state index contributed by atoms with van der Waals surface area (Å²) in [6, 6.07) is 9.81. The fourth-order valence-electron chi connectivity index (χ4n) is 1.82. The minimum Gasteiger partial charge on any atom is -0.394 e. The summed E-state index contributed by atoms with van der Waals surface area (Å²) in [5.74, 6) is 6.43. The van der Waals surface area contributed by atoms with Crippen molar-refractivity contribution in [1.29, 1.82) is 0 Å². The van der Waals surface area contributed by atoms with E-state index in [0.29, 0.717) is 22.5 Å². The minimum absolute atomic E-state index is 0.00325. The van der Waals surface area contributed by atoms with Crippen LogP contribution in [0.1, 0.15) is 5.56 Å². The van der Waals surface area contributed by atoms with Crippen molar-refractivity contribution < 1.29 is 5.11 Å². The van der Waals surface area contributed by atoms with E-state index in [1.165, 1.54) is 6.33 Å². The molecule has 0 aliphatic rings. The van der Waals surface area contributed by atoms with E-state index in [4.69, 9.17) is 5.84 Å². The van der Waals surface area contributed by atoms with Crippen LogP contribution in [0.5, 0.6) is 0 Å². The Kier molecular flexibility index (Phi) is 5.28. The number of nitrogens with zero attached hydrogens (tertiary/aromatic N) is 2. The highest BCUT2D eigenvalue weighted by Gasteiger charge is 2.13. The second-order valence-corrected chi connectivity index (χ2v) is 5.04. The van der Waals surface area contributed by atoms with Crippen molar-refractivity contribution >= 4 is 27.6 Å². The van der Waals surface area contributed by atoms with Gasteiger partial charge in [-0.2, -0.15) is 0 Å². The predicted molar refractivity (Wildman–Crippen MR) is 82.2 cm³/mol. The smallest absolute Gasteiger partial charge is 0.159 e. The molecule has 0 amide bonds. The third-order valence-corrected chi connectivity index (χ3v) is 3.56. The lowest BCUT2D eigenvalue weighted by Gasteiger charge is -2.18. The van der Waals surface area contributed by atoms with Crippen molar-refractivity contribution in [2.75, 3.05) is 17.3 Å². The number of nitrogens with two attached hydrogens (primary N) is 1. The number of aliphatic hydroxyl groups is 1. The first kappa shape index (κ1) is 14.7. The number of aromatic nitrogens is 2. The highest BCUT2D eigenvalue weighted by molar-refractivity contribution is 9.10. The summed E-state index contributed by atoms with van der Waals surface area (Å²) in [5.41, 5.74) is 3.62. The number of benzene rings is 1. The van der Waals surface area contributed by atoms with E-state index in [0.717, 1.165) is 5.56 Å². The number of hydrazine groups is 1. The summed E-state index contributed by atoms with van der Waals surface area (Å²) < 4.78 is 0.633. The van der Waals surface area contributed by atoms with E-state index in [1.807, 2.05) is 30.3 Å². The Morgan fingerprint density at radius 1 is 1.20 bits per heavy atom. The van der Waals surface area contributed by atoms with Gasteiger partial charge in [0.1, 0.15) is 16.6 Å². The molecule has 0 saturated carbocycles. The zero-order valence-electron chi connectivity index (χ0n) is 10.8. The molecule has 2 aromatic rings. The Morgan fingerprint density at radius 2 is 1.90 bits per heavy atom. The fourth-order valence-corrected chi connectivity index (χ4v) is 2.26. The molecule has 7 heteroatoms. The molecule has 1 atom stereocenters. The van der Waals surface area contributed by atoms with Gasteiger partial charge in [-0.1, -0.05) is 30.3 Å². The second-order valence-electron chi connectivity index (χ2n) is 4.24. The molecule has 0 radical (unpaired) electrons. The van der Waals surface area contributed by atoms with Crippen molar-refractivity contribution in [3.63, 3.8) is 0 Å². The normalized spacial score (nSPS) is 11.9. The average molecular weight is 338 g/mol. The molecule has 0 fully saturated rings. The van der Waals surface area contributed by atoms with Gasteiger partial charge in [-0.05, 0) is 27.9 Å². The molecule has 1 heterocycles. The zero-order valence-corrected chi connectivity index (χ0v) is 12.3. The second kappa shape index (κ2) is 7.18. The van der Waals surface area contributed by atoms with E-state index in [-0.39, 0.29) is 12.6 Å². The van der Waals surface area contributed by atoms with Crippen LogP contribution in [0, 0.1) is 0 Å². The quantitative estimate of drug-likeness (QED) is 0.471. The number of halogens is 1. The van der Waals surface area contributed by atoms with E-state index in [1.54, 1.807) is 0 Å². The van der Waals surface area contributed by atoms with Gasteiger partial charge in [0.2, 0.25) is 0 Å². The third kappa shape index (κ3) is 3.66. The molecule has 20 heavy (non-hydrogen) atoms. The van der Waals surface area contributed by atoms with Crippen LogP contribution in [0.3, 0.4) is 0 Å². The largest absolute Gasteiger partial charge is 0.394 e. The van der Waals surface area contributed by atoms with Crippen LogP contribution in [0.25, 0.3) is 0 Å². The number of nitrogen functional groups attached to an aromatic ring is 1. The maximum absolute atomic E-state index is 9.50. The van der Waals surface area contributed by atoms with Crippen LogP contribution in [-0.2, 0) is 6.42 Å². The standard InChI is InChI=1S/C13H16BrN5O/c14-11-12(16-8-17-13(11)19-15)18-10(7-20)6-9-4-2-1-3-5-9/h1-5,8,10,20H,6-7,15H2,(H2,16,17,18,19). The molecule has 2 rings (SSSR count). The Balaban J connectivity index is 2.10. The number of aliphatic hydroxyl groups excluding tert-OH is 1. The zero-order chi connectivity index (χ0) is 14.4. The van der Waals surface area contributed by atoms with E-state index in [2.05, 4.69) is 36.6 Å². The number of hydrogen-bond donors (Lipinski definition) is 4. The van der Waals surface area contributed by atoms with Crippen LogP contribution in [0.15, 0.2) is 41.1 Å². The van der Waals surface area contributed by atoms with E-state index in [9.17, 15) is 5.11 Å². The van der Waals surface area contributed by atoms with Crippen molar-refractivity contribution in [3.8, 4) is 0 Å². The highest BCUT2D eigenvalue weighted by atomic mass is 79.9. The first-order valence-corrected chi connectivity index (χ1v) is 6.92. The highest BCUT2D eigenvalue weighted by Crippen LogP contribution is 2.26. The average Bonchev–Trinajstić information content (AvgIpc) is 2.49. The van der Waals surface area contributed by atoms with Crippen molar-refractivity contribution in [1.82, 2.24) is 9.97 Å². The topological polar surface area (TPSA) is 96.1 Å². The molecule has 0 aliphatic carbocycles. The van der Waals surface area contributed by atoms with Crippen LogP contribution in [0.4, 0.5) is 11.6 Å². The molecule has 0 bridgehead atoms. The van der Waals surface area contributed by atoms with Crippen molar-refractivity contribution in [2.45, 2.75) is 12.5 Å². The van der Waals surface area contributed by atoms with Gasteiger partial charge < -0.3 is 15.8 Å². The molecule has 1 unspecified atom stereocenters. The molecule has 1 aromatic heterocycles. The number of anilines is 2. The molecule has 6 nitrogen and oxygen atoms in total. The molecule has 1 aromatic carbocycles. The minimum atomic E-state index is -0.144. The Hall–Kier alpha value is -1.70. The van der Waals surface area contributed by atoms with Crippen LogP contribution < -0.4 is 16.6 Å². The first-order chi connectivity index (χ1) is 9.74. The molecule has 0 spiro atoms. The van der Waals surface area contributed by atoms with Crippen LogP contribution in [-0.4, -0.2) is 27.7 Å². The van der Waals surface area contributed by atoms with Gasteiger partial charge >= 0.3 is 0 Å². The molecular formula is C13H16BrN5O. The van der Waals surface area contributed by atoms with Gasteiger partial charge in [-0.15, -0.1) is 0 Å². The Labute approximate surface area is 125 Å². The van der Waals surface area contributed by atoms with E-state index >= 15 is 0 Å². The van der Waals surface area contributed by atoms with Crippen LogP contribution >= 0.6 is 15.9 Å². The lowest BCUT2D eigenvalue weighted by Crippen LogP contribution is -2.27. The first-order valence-electron chi connectivity index (χ1n) is 6.13. The maximum atomic E-state index is 9.50. The summed E-state index contributed by atoms with van der Waals surface area (Å²) in [4.78, 5) is 8.12. The molecule has 106 valence electrons. The van der Waals surface area contributed by atoms with Crippen molar-refractivity contribution in [2.24, 2.45) is 5.84 Å². The number of nitrogens with one attached hydrogen (secondary N) is 2. The van der Waals surface area contributed by atoms with Gasteiger partial charge in [0.05, 0.1) is 12.6 Å². The maximum Gasteiger partial charge on any atom is 0.159 e. The van der Waals surface area contributed by atoms with Crippen molar-refractivity contribution in [3.05, 3.63) is 46.7 Å². The molecule has 0 aliphatic heterocycles. The fraction of sp³-hybridized carbons (Fsp3) is 0.231. The summed E-state index contributed by atoms with van der Waals surface area (Å²) in [7, 11) is 0. The summed E-state index contributed by atoms with van der Waals surface area (Å²) in [6.07, 6.45) is 2.10. The lowest BCUT2D eigenvalue weighted by atomic mass is 10.1. The third-order valence-electron chi connectivity index (χ3n) is 2.81. The number of hydrogen-bond acceptors (Lipinski definition) is 6. The molecule has 5 N–H and O–H groups in total. The summed E-state index contributed by atoms with van der Waals surface area (Å²) in [5, 5.41) is 12.7. The number of rotatable bonds is 6. The monoisotopic (exact) mass is 337 g/mol. The molecule has 0 saturated heterocycles. The van der Waals surface area contributed by atoms with Gasteiger partial charge in [0, 0.05) is 0 Å². The summed E-state index contributed by atoms with van der Waals surface area (Å²) >= 11 is 3.37. The van der Waals surface area contributed by atoms with Gasteiger partial charge in [-0.25, -0.2) is 15.8 Å². The van der Waals surface area contributed by atoms with Gasteiger partial charge in [0.15, 0.2) is 5.82 Å². The lowest BCUT2D eigenvalue weighted by molar-refractivity contribution is 0.273. The summed E-state index contributed by atoms with van der Waals surface area (Å²) in [6.45, 7) is -0.00325. The molecular weight excluding hydrogens is 322 g/mol. The van der Waals surface area contributed by atoms with E-state index < -0.39 is 0 Å². The van der Waals surface area contributed by atoms with Gasteiger partial charge in [0.25, 0.3) is 0 Å². The SMILES string of the molecule is NNc1ncnc(NC(CO)Cc2ccccc2)c1Br. The predicted octanol–water partition coefficient (Wildman–Crippen LogP) is 1.54. The van der Waals surface area contributed by atoms with Crippen LogP contribution in [0.2, 0.25) is 0 Å². The Morgan fingerprint density at radius 3 is 2.55 bits per heavy atom.